The van der Waals surface area contributed by atoms with Gasteiger partial charge in [0.2, 0.25) is 4.93 Å². The lowest BCUT2D eigenvalue weighted by molar-refractivity contribution is -0.384. The Morgan fingerprint density at radius 3 is 2.00 bits per heavy atom. The Labute approximate surface area is 194 Å². The minimum absolute atomic E-state index is 0.0611. The summed E-state index contributed by atoms with van der Waals surface area (Å²) in [6.45, 7) is 4.06. The van der Waals surface area contributed by atoms with Gasteiger partial charge in [0.25, 0.3) is 5.69 Å². The van der Waals surface area contributed by atoms with Gasteiger partial charge in [-0.05, 0) is 19.1 Å². The molecule has 0 saturated carbocycles. The van der Waals surface area contributed by atoms with E-state index in [4.69, 9.17) is 23.7 Å². The highest BCUT2D eigenvalue weighted by Gasteiger charge is 2.60. The van der Waals surface area contributed by atoms with Crippen LogP contribution in [-0.2, 0) is 38.1 Å². The zero-order chi connectivity index (χ0) is 24.9. The Kier molecular flexibility index (Phi) is 8.39. The largest absolute Gasteiger partial charge is 0.482 e. The summed E-state index contributed by atoms with van der Waals surface area (Å²) in [6, 6.07) is 4.87. The molecule has 1 aromatic carbocycles. The number of thiol groups is 1. The molecule has 0 amide bonds. The molecule has 1 heterocycles. The maximum atomic E-state index is 12.6. The van der Waals surface area contributed by atoms with Gasteiger partial charge in [0.15, 0.2) is 24.1 Å². The molecule has 1 aliphatic heterocycles. The number of non-ortho nitro benzene ring substituents is 1. The number of rotatable bonds is 8. The zero-order valence-electron chi connectivity index (χ0n) is 18.2. The van der Waals surface area contributed by atoms with E-state index in [-0.39, 0.29) is 11.4 Å². The van der Waals surface area contributed by atoms with Crippen molar-refractivity contribution < 1.29 is 47.8 Å². The van der Waals surface area contributed by atoms with Crippen LogP contribution in [0, 0.1) is 10.1 Å². The van der Waals surface area contributed by atoms with Gasteiger partial charge in [0, 0.05) is 32.9 Å². The Balaban J connectivity index is 2.53. The van der Waals surface area contributed by atoms with Gasteiger partial charge in [-0.3, -0.25) is 29.3 Å². The smallest absolute Gasteiger partial charge is 0.303 e. The Morgan fingerprint density at radius 1 is 1.00 bits per heavy atom. The van der Waals surface area contributed by atoms with Crippen LogP contribution in [0.2, 0.25) is 0 Å². The van der Waals surface area contributed by atoms with Crippen molar-refractivity contribution in [3.8, 4) is 5.75 Å². The number of nitro benzene ring substituents is 1. The quantitative estimate of drug-likeness (QED) is 0.186. The molecule has 0 bridgehead atoms. The highest BCUT2D eigenvalue weighted by molar-refractivity contribution is 7.82. The van der Waals surface area contributed by atoms with Gasteiger partial charge < -0.3 is 23.7 Å². The number of nitro groups is 1. The zero-order valence-corrected chi connectivity index (χ0v) is 19.1. The summed E-state index contributed by atoms with van der Waals surface area (Å²) < 4.78 is 27.3. The van der Waals surface area contributed by atoms with Crippen LogP contribution in [0.25, 0.3) is 0 Å². The number of esters is 3. The van der Waals surface area contributed by atoms with Gasteiger partial charge in [0.05, 0.1) is 4.92 Å². The van der Waals surface area contributed by atoms with Gasteiger partial charge in [-0.2, -0.15) is 0 Å². The number of hydrogen-bond acceptors (Lipinski definition) is 12. The van der Waals surface area contributed by atoms with Crippen LogP contribution in [0.15, 0.2) is 24.3 Å². The van der Waals surface area contributed by atoms with E-state index >= 15 is 0 Å². The summed E-state index contributed by atoms with van der Waals surface area (Å²) in [5, 5.41) is 10.9. The maximum absolute atomic E-state index is 12.6. The summed E-state index contributed by atoms with van der Waals surface area (Å²) in [4.78, 5) is 55.8. The molecule has 0 aromatic heterocycles. The molecular formula is C20H23NO11S. The molecular weight excluding hydrogens is 462 g/mol. The third kappa shape index (κ3) is 6.42. The maximum Gasteiger partial charge on any atom is 0.303 e. The lowest BCUT2D eigenvalue weighted by atomic mass is 9.91. The molecule has 0 aliphatic carbocycles. The SMILES string of the molecule is CC(=O)OC[C@H]1O[C@](S)(C(C)=O)[C@H](Oc2ccc([N+](=O)[O-])cc2)[C@@H](OC(C)=O)[C@H]1OC(C)=O. The van der Waals surface area contributed by atoms with Gasteiger partial charge >= 0.3 is 17.9 Å². The van der Waals surface area contributed by atoms with E-state index in [1.807, 2.05) is 0 Å². The topological polar surface area (TPSA) is 158 Å². The first-order valence-corrected chi connectivity index (χ1v) is 10.1. The number of ketones is 1. The van der Waals surface area contributed by atoms with Crippen molar-refractivity contribution in [2.75, 3.05) is 6.61 Å². The first-order valence-electron chi connectivity index (χ1n) is 9.65. The number of carbonyl (C=O) groups excluding carboxylic acids is 4. The summed E-state index contributed by atoms with van der Waals surface area (Å²) in [5.74, 6) is -2.81. The lowest BCUT2D eigenvalue weighted by Gasteiger charge is -2.48. The first kappa shape index (κ1) is 26.1. The van der Waals surface area contributed by atoms with Gasteiger partial charge in [-0.1, -0.05) is 0 Å². The summed E-state index contributed by atoms with van der Waals surface area (Å²) >= 11 is 4.36. The van der Waals surface area contributed by atoms with E-state index in [0.29, 0.717) is 0 Å². The van der Waals surface area contributed by atoms with Crippen LogP contribution in [0.5, 0.6) is 5.75 Å². The minimum Gasteiger partial charge on any atom is -0.482 e. The molecule has 2 rings (SSSR count). The molecule has 180 valence electrons. The predicted octanol–water partition coefficient (Wildman–Crippen LogP) is 1.38. The first-order chi connectivity index (χ1) is 15.3. The molecule has 0 spiro atoms. The average molecular weight is 485 g/mol. The lowest BCUT2D eigenvalue weighted by Crippen LogP contribution is -2.68. The Bertz CT molecular complexity index is 934. The van der Waals surface area contributed by atoms with Gasteiger partial charge in [-0.15, -0.1) is 12.6 Å². The van der Waals surface area contributed by atoms with Crippen molar-refractivity contribution in [3.05, 3.63) is 34.4 Å². The Hall–Kier alpha value is -3.19. The molecule has 1 saturated heterocycles. The van der Waals surface area contributed by atoms with E-state index < -0.39 is 64.6 Å². The number of benzene rings is 1. The second kappa shape index (κ2) is 10.6. The molecule has 0 unspecified atom stereocenters. The number of Topliss-reactive ketones (excluding diaryl/α,β-unsaturated/α-hetero) is 1. The van der Waals surface area contributed by atoms with Crippen molar-refractivity contribution in [2.24, 2.45) is 0 Å². The van der Waals surface area contributed by atoms with E-state index in [2.05, 4.69) is 12.6 Å². The third-order valence-corrected chi connectivity index (χ3v) is 5.25. The summed E-state index contributed by atoms with van der Waals surface area (Å²) in [7, 11) is 0. The number of nitrogens with zero attached hydrogens (tertiary/aromatic N) is 1. The molecule has 0 radical (unpaired) electrons. The average Bonchev–Trinajstić information content (AvgIpc) is 2.71. The van der Waals surface area contributed by atoms with Crippen molar-refractivity contribution in [3.63, 3.8) is 0 Å². The molecule has 12 nitrogen and oxygen atoms in total. The van der Waals surface area contributed by atoms with Crippen molar-refractivity contribution in [1.29, 1.82) is 0 Å². The van der Waals surface area contributed by atoms with Crippen LogP contribution >= 0.6 is 12.6 Å². The molecule has 0 N–H and O–H groups in total. The van der Waals surface area contributed by atoms with Crippen LogP contribution < -0.4 is 4.74 Å². The molecule has 33 heavy (non-hydrogen) atoms. The van der Waals surface area contributed by atoms with Crippen LogP contribution in [0.1, 0.15) is 27.7 Å². The summed E-state index contributed by atoms with van der Waals surface area (Å²) in [6.07, 6.45) is -5.45. The number of hydrogen-bond donors (Lipinski definition) is 1. The summed E-state index contributed by atoms with van der Waals surface area (Å²) in [5.41, 5.74) is -0.207. The highest BCUT2D eigenvalue weighted by atomic mass is 32.1. The molecule has 13 heteroatoms. The fraction of sp³-hybridized carbons (Fsp3) is 0.500. The fourth-order valence-electron chi connectivity index (χ4n) is 3.18. The predicted molar refractivity (Wildman–Crippen MR) is 113 cm³/mol. The second-order valence-corrected chi connectivity index (χ2v) is 7.81. The number of carbonyl (C=O) groups is 4. The monoisotopic (exact) mass is 485 g/mol. The minimum atomic E-state index is -2.04. The highest BCUT2D eigenvalue weighted by Crippen LogP contribution is 2.39. The van der Waals surface area contributed by atoms with Crippen molar-refractivity contribution in [1.82, 2.24) is 0 Å². The molecule has 5 atom stereocenters. The van der Waals surface area contributed by atoms with Crippen LogP contribution in [-0.4, -0.2) is 64.6 Å². The fourth-order valence-corrected chi connectivity index (χ4v) is 3.51. The van der Waals surface area contributed by atoms with Crippen molar-refractivity contribution in [2.45, 2.75) is 57.0 Å². The van der Waals surface area contributed by atoms with E-state index in [1.54, 1.807) is 0 Å². The normalized spacial score (nSPS) is 26.6. The second-order valence-electron chi connectivity index (χ2n) is 7.15. The van der Waals surface area contributed by atoms with E-state index in [1.165, 1.54) is 24.3 Å². The molecule has 1 aliphatic rings. The van der Waals surface area contributed by atoms with Gasteiger partial charge in [0.1, 0.15) is 18.5 Å². The molecule has 1 fully saturated rings. The van der Waals surface area contributed by atoms with E-state index in [0.717, 1.165) is 27.7 Å². The van der Waals surface area contributed by atoms with Crippen molar-refractivity contribution >= 4 is 42.0 Å². The van der Waals surface area contributed by atoms with E-state index in [9.17, 15) is 29.3 Å². The van der Waals surface area contributed by atoms with Gasteiger partial charge in [-0.25, -0.2) is 0 Å². The number of ether oxygens (including phenoxy) is 5. The standard InChI is InChI=1S/C20H23NO11S/c1-10(22)20(33)19(31-15-7-5-14(6-8-15)21(26)27)18(30-13(4)25)17(29-12(3)24)16(32-20)9-28-11(2)23/h5-8,16-19,33H,9H2,1-4H3/t16-,17+,18+,19-,20+/m1/s1. The van der Waals surface area contributed by atoms with Crippen LogP contribution in [0.3, 0.4) is 0 Å². The van der Waals surface area contributed by atoms with Crippen LogP contribution in [0.4, 0.5) is 5.69 Å². The molecule has 1 aromatic rings. The Morgan fingerprint density at radius 2 is 1.55 bits per heavy atom. The third-order valence-electron chi connectivity index (χ3n) is 4.58.